The van der Waals surface area contributed by atoms with Gasteiger partial charge in [-0.2, -0.15) is 5.06 Å². The Hall–Kier alpha value is -1.47. The quantitative estimate of drug-likeness (QED) is 0.467. The Kier molecular flexibility index (Phi) is 5.73. The summed E-state index contributed by atoms with van der Waals surface area (Å²) in [6.07, 6.45) is 1.31. The molecule has 1 rings (SSSR count). The molecule has 1 aliphatic rings. The zero-order chi connectivity index (χ0) is 13.5. The number of likely N-dealkylation sites (tertiary alicyclic amines) is 1. The van der Waals surface area contributed by atoms with Crippen molar-refractivity contribution < 1.29 is 19.6 Å². The molecule has 0 aliphatic carbocycles. The van der Waals surface area contributed by atoms with Crippen molar-refractivity contribution in [1.82, 2.24) is 15.3 Å². The fourth-order valence-electron chi connectivity index (χ4n) is 1.72. The van der Waals surface area contributed by atoms with Crippen molar-refractivity contribution in [3.63, 3.8) is 0 Å². The van der Waals surface area contributed by atoms with E-state index in [1.807, 2.05) is 0 Å². The highest BCUT2D eigenvalue weighted by molar-refractivity contribution is 6.01. The van der Waals surface area contributed by atoms with Crippen molar-refractivity contribution in [2.24, 2.45) is 0 Å². The Morgan fingerprint density at radius 3 is 2.56 bits per heavy atom. The van der Waals surface area contributed by atoms with Gasteiger partial charge in [-0.25, -0.2) is 0 Å². The highest BCUT2D eigenvalue weighted by Crippen LogP contribution is 2.12. The maximum atomic E-state index is 11.4. The number of carbonyl (C=O) groups is 3. The minimum atomic E-state index is -0.151. The van der Waals surface area contributed by atoms with E-state index in [4.69, 9.17) is 5.21 Å². The Balaban J connectivity index is 2.12. The summed E-state index contributed by atoms with van der Waals surface area (Å²) >= 11 is 0. The molecule has 0 saturated carbocycles. The van der Waals surface area contributed by atoms with Gasteiger partial charge in [0, 0.05) is 45.9 Å². The predicted octanol–water partition coefficient (Wildman–Crippen LogP) is -0.647. The number of nitrogens with one attached hydrogen (secondary N) is 1. The molecular formula is C11H19N3O4. The van der Waals surface area contributed by atoms with Gasteiger partial charge in [-0.15, -0.1) is 0 Å². The van der Waals surface area contributed by atoms with Crippen LogP contribution in [0.4, 0.5) is 0 Å². The van der Waals surface area contributed by atoms with Crippen LogP contribution in [0.1, 0.15) is 25.7 Å². The van der Waals surface area contributed by atoms with Crippen molar-refractivity contribution in [1.29, 1.82) is 0 Å². The van der Waals surface area contributed by atoms with Gasteiger partial charge in [-0.1, -0.05) is 0 Å². The zero-order valence-corrected chi connectivity index (χ0v) is 10.5. The highest BCUT2D eigenvalue weighted by atomic mass is 16.5. The molecular weight excluding hydrogens is 238 g/mol. The smallest absolute Gasteiger partial charge is 0.229 e. The molecule has 0 radical (unpaired) electrons. The van der Waals surface area contributed by atoms with Gasteiger partial charge in [-0.05, 0) is 6.42 Å². The number of nitrogens with zero attached hydrogens (tertiary/aromatic N) is 2. The molecule has 0 aromatic heterocycles. The van der Waals surface area contributed by atoms with Crippen LogP contribution in [0.5, 0.6) is 0 Å². The van der Waals surface area contributed by atoms with Crippen molar-refractivity contribution in [3.05, 3.63) is 0 Å². The van der Waals surface area contributed by atoms with Gasteiger partial charge in [0.1, 0.15) is 0 Å². The normalized spacial score (nSPS) is 15.6. The fourth-order valence-corrected chi connectivity index (χ4v) is 1.72. The van der Waals surface area contributed by atoms with Crippen molar-refractivity contribution in [3.8, 4) is 0 Å². The Morgan fingerprint density at radius 1 is 1.39 bits per heavy atom. The highest BCUT2D eigenvalue weighted by Gasteiger charge is 2.28. The molecule has 18 heavy (non-hydrogen) atoms. The lowest BCUT2D eigenvalue weighted by Gasteiger charge is -2.13. The molecule has 0 aromatic carbocycles. The summed E-state index contributed by atoms with van der Waals surface area (Å²) in [5, 5.41) is 12.5. The maximum absolute atomic E-state index is 11.4. The Labute approximate surface area is 106 Å². The van der Waals surface area contributed by atoms with Crippen molar-refractivity contribution >= 4 is 17.7 Å². The van der Waals surface area contributed by atoms with Crippen LogP contribution in [0.2, 0.25) is 0 Å². The first-order chi connectivity index (χ1) is 8.50. The van der Waals surface area contributed by atoms with Crippen LogP contribution in [0.15, 0.2) is 0 Å². The molecule has 102 valence electrons. The van der Waals surface area contributed by atoms with Gasteiger partial charge in [0.25, 0.3) is 0 Å². The number of hydrogen-bond donors (Lipinski definition) is 2. The van der Waals surface area contributed by atoms with Gasteiger partial charge < -0.3 is 10.5 Å². The van der Waals surface area contributed by atoms with Crippen LogP contribution in [0, 0.1) is 0 Å². The number of imide groups is 1. The van der Waals surface area contributed by atoms with Crippen LogP contribution >= 0.6 is 0 Å². The van der Waals surface area contributed by atoms with E-state index in [0.29, 0.717) is 26.1 Å². The maximum Gasteiger partial charge on any atom is 0.229 e. The molecule has 7 heteroatoms. The van der Waals surface area contributed by atoms with Crippen LogP contribution in [0.25, 0.3) is 0 Å². The lowest BCUT2D eigenvalue weighted by molar-refractivity contribution is -0.138. The van der Waals surface area contributed by atoms with Crippen LogP contribution < -0.4 is 5.32 Å². The average Bonchev–Trinajstić information content (AvgIpc) is 2.60. The van der Waals surface area contributed by atoms with E-state index in [1.54, 1.807) is 0 Å². The minimum Gasteiger partial charge on any atom is -0.355 e. The van der Waals surface area contributed by atoms with Crippen LogP contribution in [-0.4, -0.2) is 59.6 Å². The summed E-state index contributed by atoms with van der Waals surface area (Å²) in [6.45, 7) is 1.03. The summed E-state index contributed by atoms with van der Waals surface area (Å²) in [5.41, 5.74) is 0. The number of carbonyl (C=O) groups excluding carboxylic acids is 3. The number of hydroxylamine groups is 2. The molecule has 2 N–H and O–H groups in total. The van der Waals surface area contributed by atoms with Gasteiger partial charge in [0.15, 0.2) is 0 Å². The summed E-state index contributed by atoms with van der Waals surface area (Å²) in [4.78, 5) is 35.1. The fraction of sp³-hybridized carbons (Fsp3) is 0.727. The Bertz CT molecular complexity index is 314. The van der Waals surface area contributed by atoms with E-state index in [2.05, 4.69) is 5.32 Å². The zero-order valence-electron chi connectivity index (χ0n) is 10.5. The molecule has 0 atom stereocenters. The van der Waals surface area contributed by atoms with Gasteiger partial charge in [-0.3, -0.25) is 19.3 Å². The summed E-state index contributed by atoms with van der Waals surface area (Å²) < 4.78 is 0. The third-order valence-electron chi connectivity index (χ3n) is 2.70. The van der Waals surface area contributed by atoms with E-state index >= 15 is 0 Å². The third-order valence-corrected chi connectivity index (χ3v) is 2.70. The Morgan fingerprint density at radius 2 is 2.00 bits per heavy atom. The average molecular weight is 257 g/mol. The van der Waals surface area contributed by atoms with Gasteiger partial charge in [0.2, 0.25) is 17.7 Å². The molecule has 1 aliphatic heterocycles. The minimum absolute atomic E-state index is 0.143. The number of likely N-dealkylation sites (N-methyl/N-ethyl adjacent to an activating group) is 1. The van der Waals surface area contributed by atoms with E-state index in [1.165, 1.54) is 11.9 Å². The molecule has 3 amide bonds. The second-order valence-electron chi connectivity index (χ2n) is 4.27. The number of amides is 3. The number of rotatable bonds is 7. The van der Waals surface area contributed by atoms with E-state index in [9.17, 15) is 14.4 Å². The largest absolute Gasteiger partial charge is 0.355 e. The first kappa shape index (κ1) is 14.6. The first-order valence-corrected chi connectivity index (χ1v) is 6.00. The van der Waals surface area contributed by atoms with Gasteiger partial charge in [0.05, 0.1) is 0 Å². The van der Waals surface area contributed by atoms with Gasteiger partial charge >= 0.3 is 0 Å². The SMILES string of the molecule is CN(O)CCNC(=O)CCCN1C(=O)CCC1=O. The molecule has 1 saturated heterocycles. The standard InChI is InChI=1S/C11H19N3O4/c1-13(18)8-6-12-9(15)3-2-7-14-10(16)4-5-11(14)17/h18H,2-8H2,1H3,(H,12,15). The lowest BCUT2D eigenvalue weighted by Crippen LogP contribution is -2.33. The van der Waals surface area contributed by atoms with Crippen molar-refractivity contribution in [2.75, 3.05) is 26.7 Å². The second kappa shape index (κ2) is 7.07. The van der Waals surface area contributed by atoms with Crippen molar-refractivity contribution in [2.45, 2.75) is 25.7 Å². The molecule has 1 heterocycles. The second-order valence-corrected chi connectivity index (χ2v) is 4.27. The first-order valence-electron chi connectivity index (χ1n) is 6.00. The monoisotopic (exact) mass is 257 g/mol. The summed E-state index contributed by atoms with van der Waals surface area (Å²) in [7, 11) is 1.50. The predicted molar refractivity (Wildman–Crippen MR) is 62.6 cm³/mol. The topological polar surface area (TPSA) is 89.9 Å². The number of hydrogen-bond acceptors (Lipinski definition) is 5. The molecule has 0 spiro atoms. The van der Waals surface area contributed by atoms with Crippen LogP contribution in [-0.2, 0) is 14.4 Å². The molecule has 0 unspecified atom stereocenters. The molecule has 0 aromatic rings. The van der Waals surface area contributed by atoms with Crippen LogP contribution in [0.3, 0.4) is 0 Å². The van der Waals surface area contributed by atoms with E-state index in [-0.39, 0.29) is 37.0 Å². The molecule has 1 fully saturated rings. The lowest BCUT2D eigenvalue weighted by atomic mass is 10.3. The summed E-state index contributed by atoms with van der Waals surface area (Å²) in [5.74, 6) is -0.444. The third kappa shape index (κ3) is 4.80. The molecule has 0 bridgehead atoms. The summed E-state index contributed by atoms with van der Waals surface area (Å²) in [6, 6.07) is 0. The molecule has 7 nitrogen and oxygen atoms in total. The van der Waals surface area contributed by atoms with E-state index < -0.39 is 0 Å². The van der Waals surface area contributed by atoms with E-state index in [0.717, 1.165) is 5.06 Å².